The van der Waals surface area contributed by atoms with E-state index in [4.69, 9.17) is 4.74 Å². The maximum Gasteiger partial charge on any atom is 0.277 e. The first-order valence-corrected chi connectivity index (χ1v) is 15.4. The molecule has 0 bridgehead atoms. The van der Waals surface area contributed by atoms with Crippen molar-refractivity contribution in [1.82, 2.24) is 24.7 Å². The van der Waals surface area contributed by atoms with Gasteiger partial charge in [0.1, 0.15) is 11.3 Å². The van der Waals surface area contributed by atoms with Crippen LogP contribution < -0.4 is 5.56 Å². The third-order valence-corrected chi connectivity index (χ3v) is 6.89. The van der Waals surface area contributed by atoms with E-state index < -0.39 is 0 Å². The minimum Gasteiger partial charge on any atom is -0.381 e. The van der Waals surface area contributed by atoms with E-state index in [0.717, 1.165) is 49.8 Å². The third kappa shape index (κ3) is 12.8. The Morgan fingerprint density at radius 2 is 1.65 bits per heavy atom. The van der Waals surface area contributed by atoms with Gasteiger partial charge in [-0.1, -0.05) is 87.0 Å². The first-order valence-electron chi connectivity index (χ1n) is 15.4. The molecular formula is C33H57N5O2. The van der Waals surface area contributed by atoms with Crippen LogP contribution in [-0.4, -0.2) is 37.9 Å². The molecule has 7 nitrogen and oxygen atoms in total. The number of aryl methyl sites for hydroxylation is 4. The van der Waals surface area contributed by atoms with Crippen molar-refractivity contribution in [2.24, 2.45) is 13.0 Å². The van der Waals surface area contributed by atoms with Gasteiger partial charge in [0.2, 0.25) is 0 Å². The maximum absolute atomic E-state index is 11.8. The highest BCUT2D eigenvalue weighted by molar-refractivity contribution is 5.77. The van der Waals surface area contributed by atoms with Crippen LogP contribution in [0.3, 0.4) is 0 Å². The molecule has 3 aromatic rings. The lowest BCUT2D eigenvalue weighted by atomic mass is 9.88. The third-order valence-electron chi connectivity index (χ3n) is 6.89. The van der Waals surface area contributed by atoms with E-state index >= 15 is 0 Å². The van der Waals surface area contributed by atoms with Crippen LogP contribution in [0.2, 0.25) is 0 Å². The molecule has 1 saturated carbocycles. The Hall–Kier alpha value is -2.54. The molecule has 0 unspecified atom stereocenters. The lowest BCUT2D eigenvalue weighted by molar-refractivity contribution is 0.135. The van der Waals surface area contributed by atoms with Gasteiger partial charge in [-0.25, -0.2) is 4.98 Å². The van der Waals surface area contributed by atoms with Crippen molar-refractivity contribution in [2.45, 2.75) is 126 Å². The SMILES string of the molecule is CCC1CCCCC1.CCCOCCC.CCc1ccnc(C)c1.Cc1nc2c(C(C)(C)C)nn(C)c2c(=O)[nH]1. The number of H-pyrrole nitrogens is 1. The molecule has 0 radical (unpaired) electrons. The van der Waals surface area contributed by atoms with Crippen molar-refractivity contribution < 1.29 is 4.74 Å². The van der Waals surface area contributed by atoms with Crippen molar-refractivity contribution in [3.8, 4) is 0 Å². The fourth-order valence-corrected chi connectivity index (χ4v) is 4.61. The van der Waals surface area contributed by atoms with E-state index in [-0.39, 0.29) is 11.0 Å². The molecular weight excluding hydrogens is 498 g/mol. The number of nitrogens with one attached hydrogen (secondary N) is 1. The predicted octanol–water partition coefficient (Wildman–Crippen LogP) is 8.01. The van der Waals surface area contributed by atoms with E-state index in [2.05, 4.69) is 74.6 Å². The molecule has 0 spiro atoms. The van der Waals surface area contributed by atoms with E-state index in [0.29, 0.717) is 16.9 Å². The van der Waals surface area contributed by atoms with Gasteiger partial charge in [-0.05, 0) is 56.7 Å². The molecule has 4 rings (SSSR count). The number of hydrogen-bond donors (Lipinski definition) is 1. The summed E-state index contributed by atoms with van der Waals surface area (Å²) in [5.74, 6) is 1.71. The minimum atomic E-state index is -0.131. The van der Waals surface area contributed by atoms with Crippen LogP contribution in [0.5, 0.6) is 0 Å². The molecule has 226 valence electrons. The molecule has 0 atom stereocenters. The van der Waals surface area contributed by atoms with Crippen LogP contribution in [-0.2, 0) is 23.6 Å². The van der Waals surface area contributed by atoms with Crippen LogP contribution in [0.4, 0.5) is 0 Å². The summed E-state index contributed by atoms with van der Waals surface area (Å²) in [6.07, 6.45) is 14.2. The molecule has 1 fully saturated rings. The van der Waals surface area contributed by atoms with E-state index in [1.165, 1.54) is 44.1 Å². The average Bonchev–Trinajstić information content (AvgIpc) is 3.27. The van der Waals surface area contributed by atoms with Gasteiger partial charge in [-0.2, -0.15) is 5.10 Å². The zero-order valence-corrected chi connectivity index (χ0v) is 27.2. The van der Waals surface area contributed by atoms with Gasteiger partial charge in [0.25, 0.3) is 5.56 Å². The van der Waals surface area contributed by atoms with Crippen molar-refractivity contribution >= 4 is 11.0 Å². The highest BCUT2D eigenvalue weighted by Crippen LogP contribution is 2.26. The number of pyridine rings is 1. The Morgan fingerprint density at radius 3 is 2.10 bits per heavy atom. The zero-order valence-electron chi connectivity index (χ0n) is 27.2. The number of aromatic nitrogens is 5. The van der Waals surface area contributed by atoms with Gasteiger partial charge >= 0.3 is 0 Å². The van der Waals surface area contributed by atoms with E-state index in [1.807, 2.05) is 19.2 Å². The molecule has 0 amide bonds. The fourth-order valence-electron chi connectivity index (χ4n) is 4.61. The van der Waals surface area contributed by atoms with Gasteiger partial charge in [-0.3, -0.25) is 14.5 Å². The second kappa shape index (κ2) is 18.7. The summed E-state index contributed by atoms with van der Waals surface area (Å²) < 4.78 is 6.73. The smallest absolute Gasteiger partial charge is 0.277 e. The van der Waals surface area contributed by atoms with E-state index in [1.54, 1.807) is 18.7 Å². The van der Waals surface area contributed by atoms with Crippen molar-refractivity contribution in [2.75, 3.05) is 13.2 Å². The van der Waals surface area contributed by atoms with Gasteiger partial charge in [0, 0.05) is 37.6 Å². The summed E-state index contributed by atoms with van der Waals surface area (Å²) in [6, 6.07) is 4.16. The van der Waals surface area contributed by atoms with Gasteiger partial charge in [0.05, 0.1) is 5.69 Å². The quantitative estimate of drug-likeness (QED) is 0.311. The number of fused-ring (bicyclic) bond motifs is 1. The maximum atomic E-state index is 11.8. The molecule has 1 N–H and O–H groups in total. The summed E-state index contributed by atoms with van der Waals surface area (Å²) in [7, 11) is 1.77. The normalized spacial score (nSPS) is 13.4. The lowest BCUT2D eigenvalue weighted by Gasteiger charge is -2.18. The molecule has 40 heavy (non-hydrogen) atoms. The topological polar surface area (TPSA) is 85.7 Å². The van der Waals surface area contributed by atoms with Gasteiger partial charge in [0.15, 0.2) is 5.52 Å². The summed E-state index contributed by atoms with van der Waals surface area (Å²) in [4.78, 5) is 23.0. The standard InChI is InChI=1S/C11H16N4O.C8H11N.C8H16.C6H14O/c1-6-12-7-8(10(16)13-6)15(5)14-9(7)11(2,3)4;1-3-8-4-5-9-7(2)6-8;1-2-8-6-4-3-5-7-8;1-3-5-7-6-4-2/h1-5H3,(H,12,13,16);4-6H,3H2,1-2H3;8H,2-7H2,1H3;3-6H2,1-2H3. The molecule has 3 heterocycles. The summed E-state index contributed by atoms with van der Waals surface area (Å²) in [5, 5.41) is 4.40. The number of ether oxygens (including phenoxy) is 1. The van der Waals surface area contributed by atoms with Crippen molar-refractivity contribution in [3.05, 3.63) is 51.5 Å². The lowest BCUT2D eigenvalue weighted by Crippen LogP contribution is -2.14. The largest absolute Gasteiger partial charge is 0.381 e. The Kier molecular flexibility index (Phi) is 16.6. The second-order valence-corrected chi connectivity index (χ2v) is 11.8. The Balaban J connectivity index is 0.000000286. The van der Waals surface area contributed by atoms with E-state index in [9.17, 15) is 4.79 Å². The summed E-state index contributed by atoms with van der Waals surface area (Å²) >= 11 is 0. The van der Waals surface area contributed by atoms with Crippen LogP contribution >= 0.6 is 0 Å². The van der Waals surface area contributed by atoms with Crippen LogP contribution in [0, 0.1) is 19.8 Å². The number of aromatic amines is 1. The average molecular weight is 556 g/mol. The fraction of sp³-hybridized carbons (Fsp3) is 0.697. The van der Waals surface area contributed by atoms with Gasteiger partial charge < -0.3 is 9.72 Å². The van der Waals surface area contributed by atoms with Crippen LogP contribution in [0.1, 0.15) is 123 Å². The molecule has 3 aromatic heterocycles. The molecule has 0 aromatic carbocycles. The van der Waals surface area contributed by atoms with Crippen molar-refractivity contribution in [1.29, 1.82) is 0 Å². The zero-order chi connectivity index (χ0) is 30.1. The number of rotatable bonds is 6. The number of nitrogens with zero attached hydrogens (tertiary/aromatic N) is 4. The molecule has 7 heteroatoms. The van der Waals surface area contributed by atoms with Crippen LogP contribution in [0.15, 0.2) is 23.1 Å². The first kappa shape index (κ1) is 35.5. The molecule has 1 aliphatic rings. The van der Waals surface area contributed by atoms with Gasteiger partial charge in [-0.15, -0.1) is 0 Å². The Labute approximate surface area is 243 Å². The predicted molar refractivity (Wildman–Crippen MR) is 169 cm³/mol. The van der Waals surface area contributed by atoms with Crippen LogP contribution in [0.25, 0.3) is 11.0 Å². The highest BCUT2D eigenvalue weighted by Gasteiger charge is 2.24. The summed E-state index contributed by atoms with van der Waals surface area (Å²) in [6.45, 7) is 20.5. The number of hydrogen-bond acceptors (Lipinski definition) is 5. The molecule has 0 saturated heterocycles. The Morgan fingerprint density at radius 1 is 1.02 bits per heavy atom. The summed E-state index contributed by atoms with van der Waals surface area (Å²) in [5.41, 5.74) is 4.32. The second-order valence-electron chi connectivity index (χ2n) is 11.8. The van der Waals surface area contributed by atoms with Crippen molar-refractivity contribution in [3.63, 3.8) is 0 Å². The minimum absolute atomic E-state index is 0.118. The molecule has 0 aliphatic heterocycles. The Bertz CT molecular complexity index is 1150. The molecule has 1 aliphatic carbocycles. The first-order chi connectivity index (χ1) is 19.0. The highest BCUT2D eigenvalue weighted by atomic mass is 16.5. The monoisotopic (exact) mass is 555 g/mol.